The van der Waals surface area contributed by atoms with Crippen LogP contribution in [0.2, 0.25) is 0 Å². The molecule has 12 heteroatoms. The quantitative estimate of drug-likeness (QED) is 0.323. The summed E-state index contributed by atoms with van der Waals surface area (Å²) in [6.07, 6.45) is 3.97. The highest BCUT2D eigenvalue weighted by Crippen LogP contribution is 2.23. The lowest BCUT2D eigenvalue weighted by Crippen LogP contribution is -2.29. The van der Waals surface area contributed by atoms with Crippen LogP contribution < -0.4 is 14.3 Å². The van der Waals surface area contributed by atoms with E-state index in [2.05, 4.69) is 20.0 Å². The van der Waals surface area contributed by atoms with Gasteiger partial charge in [0.05, 0.1) is 23.4 Å². The summed E-state index contributed by atoms with van der Waals surface area (Å²) in [5, 5.41) is 2.70. The van der Waals surface area contributed by atoms with Crippen LogP contribution in [0.15, 0.2) is 96.2 Å². The number of aryl methyl sites for hydroxylation is 1. The highest BCUT2D eigenvalue weighted by Gasteiger charge is 2.20. The number of nitrogens with zero attached hydrogens (tertiary/aromatic N) is 3. The zero-order valence-electron chi connectivity index (χ0n) is 20.6. The van der Waals surface area contributed by atoms with Gasteiger partial charge in [-0.25, -0.2) is 31.5 Å². The summed E-state index contributed by atoms with van der Waals surface area (Å²) in [4.78, 5) is 20.4. The molecule has 196 valence electrons. The van der Waals surface area contributed by atoms with Gasteiger partial charge >= 0.3 is 0 Å². The van der Waals surface area contributed by atoms with Gasteiger partial charge in [0.1, 0.15) is 0 Å². The van der Waals surface area contributed by atoms with Crippen molar-refractivity contribution in [1.82, 2.24) is 9.97 Å². The smallest absolute Gasteiger partial charge is 0.264 e. The maximum atomic E-state index is 12.8. The molecule has 1 amide bonds. The van der Waals surface area contributed by atoms with Crippen LogP contribution in [0.25, 0.3) is 0 Å². The van der Waals surface area contributed by atoms with Crippen LogP contribution in [0.3, 0.4) is 0 Å². The Bertz CT molecular complexity index is 1640. The second-order valence-electron chi connectivity index (χ2n) is 8.40. The number of hydrogen-bond donors (Lipinski definition) is 2. The number of nitrogens with one attached hydrogen (secondary N) is 2. The van der Waals surface area contributed by atoms with Gasteiger partial charge in [-0.1, -0.05) is 24.3 Å². The lowest BCUT2D eigenvalue weighted by Gasteiger charge is -2.23. The van der Waals surface area contributed by atoms with Gasteiger partial charge in [-0.3, -0.25) is 9.10 Å². The molecule has 2 N–H and O–H groups in total. The van der Waals surface area contributed by atoms with Crippen molar-refractivity contribution in [1.29, 1.82) is 0 Å². The molecule has 0 fully saturated rings. The van der Waals surface area contributed by atoms with Gasteiger partial charge in [0, 0.05) is 23.6 Å². The van der Waals surface area contributed by atoms with Crippen molar-refractivity contribution in [2.75, 3.05) is 20.6 Å². The minimum Gasteiger partial charge on any atom is -0.322 e. The Morgan fingerprint density at radius 2 is 1.47 bits per heavy atom. The number of rotatable bonds is 9. The molecule has 0 spiro atoms. The zero-order valence-corrected chi connectivity index (χ0v) is 22.2. The van der Waals surface area contributed by atoms with E-state index in [1.165, 1.54) is 53.1 Å². The molecule has 38 heavy (non-hydrogen) atoms. The summed E-state index contributed by atoms with van der Waals surface area (Å²) in [7, 11) is -7.48. The molecule has 0 aliphatic rings. The first-order valence-electron chi connectivity index (χ1n) is 11.4. The predicted octanol–water partition coefficient (Wildman–Crippen LogP) is 3.80. The summed E-state index contributed by atoms with van der Waals surface area (Å²) in [6, 6.07) is 20.9. The molecule has 4 rings (SSSR count). The Morgan fingerprint density at radius 3 is 2.08 bits per heavy atom. The van der Waals surface area contributed by atoms with Gasteiger partial charge in [0.2, 0.25) is 16.0 Å². The molecule has 0 radical (unpaired) electrons. The van der Waals surface area contributed by atoms with E-state index in [1.54, 1.807) is 18.2 Å². The van der Waals surface area contributed by atoms with Gasteiger partial charge < -0.3 is 5.32 Å². The van der Waals surface area contributed by atoms with Gasteiger partial charge in [-0.05, 0) is 72.6 Å². The summed E-state index contributed by atoms with van der Waals surface area (Å²) < 4.78 is 53.6. The number of carbonyl (C=O) groups is 1. The monoisotopic (exact) mass is 551 g/mol. The van der Waals surface area contributed by atoms with Crippen LogP contribution in [0, 0.1) is 6.92 Å². The third-order valence-corrected chi connectivity index (χ3v) is 8.09. The average molecular weight is 552 g/mol. The van der Waals surface area contributed by atoms with Gasteiger partial charge in [0.15, 0.2) is 0 Å². The van der Waals surface area contributed by atoms with Crippen LogP contribution in [-0.2, 0) is 26.6 Å². The molecule has 0 atom stereocenters. The molecule has 10 nitrogen and oxygen atoms in total. The SMILES string of the molecule is Cc1ccccc1CN(c1ccc(C(=O)Nc2ccc(S(=O)(=O)Nc3ncccn3)cc2)cc1)S(C)(=O)=O. The van der Waals surface area contributed by atoms with Crippen molar-refractivity contribution < 1.29 is 21.6 Å². The Balaban J connectivity index is 1.45. The molecule has 0 bridgehead atoms. The van der Waals surface area contributed by atoms with E-state index in [1.807, 2.05) is 31.2 Å². The fourth-order valence-electron chi connectivity index (χ4n) is 3.57. The number of anilines is 3. The molecule has 0 aliphatic heterocycles. The number of carbonyl (C=O) groups excluding carboxylic acids is 1. The predicted molar refractivity (Wildman–Crippen MR) is 146 cm³/mol. The molecule has 1 aromatic heterocycles. The standard InChI is InChI=1S/C26H25N5O5S2/c1-19-6-3-4-7-21(19)18-31(37(2,33)34)23-12-8-20(9-13-23)25(32)29-22-10-14-24(15-11-22)38(35,36)30-26-27-16-5-17-28-26/h3-17H,18H2,1-2H3,(H,29,32)(H,27,28,30). The molecular weight excluding hydrogens is 526 g/mol. The van der Waals surface area contributed by atoms with E-state index in [0.29, 0.717) is 16.9 Å². The molecular formula is C26H25N5O5S2. The second kappa shape index (κ2) is 11.0. The van der Waals surface area contributed by atoms with Gasteiger partial charge in [-0.2, -0.15) is 0 Å². The number of aromatic nitrogens is 2. The summed E-state index contributed by atoms with van der Waals surface area (Å²) in [5.74, 6) is -0.491. The Labute approximate surface area is 221 Å². The molecule has 0 unspecified atom stereocenters. The lowest BCUT2D eigenvalue weighted by atomic mass is 10.1. The molecule has 1 heterocycles. The first kappa shape index (κ1) is 26.8. The van der Waals surface area contributed by atoms with E-state index >= 15 is 0 Å². The number of sulfonamides is 2. The number of benzene rings is 3. The topological polar surface area (TPSA) is 138 Å². The van der Waals surface area contributed by atoms with Crippen molar-refractivity contribution in [3.63, 3.8) is 0 Å². The van der Waals surface area contributed by atoms with Crippen LogP contribution in [-0.4, -0.2) is 39.0 Å². The highest BCUT2D eigenvalue weighted by atomic mass is 32.2. The van der Waals surface area contributed by atoms with E-state index in [-0.39, 0.29) is 17.4 Å². The van der Waals surface area contributed by atoms with Crippen molar-refractivity contribution in [3.8, 4) is 0 Å². The van der Waals surface area contributed by atoms with Crippen molar-refractivity contribution in [2.45, 2.75) is 18.4 Å². The fourth-order valence-corrected chi connectivity index (χ4v) is 5.41. The maximum Gasteiger partial charge on any atom is 0.264 e. The number of hydrogen-bond acceptors (Lipinski definition) is 7. The minimum atomic E-state index is -3.90. The lowest BCUT2D eigenvalue weighted by molar-refractivity contribution is 0.102. The molecule has 3 aromatic carbocycles. The first-order valence-corrected chi connectivity index (χ1v) is 14.7. The van der Waals surface area contributed by atoms with Crippen molar-refractivity contribution >= 4 is 43.3 Å². The first-order chi connectivity index (χ1) is 18.0. The summed E-state index contributed by atoms with van der Waals surface area (Å²) in [6.45, 7) is 2.08. The largest absolute Gasteiger partial charge is 0.322 e. The van der Waals surface area contributed by atoms with Gasteiger partial charge in [-0.15, -0.1) is 0 Å². The van der Waals surface area contributed by atoms with Gasteiger partial charge in [0.25, 0.3) is 15.9 Å². The van der Waals surface area contributed by atoms with E-state index in [0.717, 1.165) is 17.4 Å². The average Bonchev–Trinajstić information content (AvgIpc) is 2.88. The molecule has 0 saturated carbocycles. The van der Waals surface area contributed by atoms with E-state index in [9.17, 15) is 21.6 Å². The number of amides is 1. The summed E-state index contributed by atoms with van der Waals surface area (Å²) in [5.41, 5.74) is 2.96. The van der Waals surface area contributed by atoms with E-state index in [4.69, 9.17) is 0 Å². The summed E-state index contributed by atoms with van der Waals surface area (Å²) >= 11 is 0. The molecule has 0 saturated heterocycles. The fraction of sp³-hybridized carbons (Fsp3) is 0.115. The zero-order chi connectivity index (χ0) is 27.3. The second-order valence-corrected chi connectivity index (χ2v) is 12.0. The van der Waals surface area contributed by atoms with Crippen molar-refractivity contribution in [2.24, 2.45) is 0 Å². The molecule has 0 aliphatic carbocycles. The Morgan fingerprint density at radius 1 is 0.842 bits per heavy atom. The Hall–Kier alpha value is -4.29. The van der Waals surface area contributed by atoms with E-state index < -0.39 is 26.0 Å². The van der Waals surface area contributed by atoms with Crippen LogP contribution >= 0.6 is 0 Å². The third-order valence-electron chi connectivity index (χ3n) is 5.61. The van der Waals surface area contributed by atoms with Crippen LogP contribution in [0.1, 0.15) is 21.5 Å². The van der Waals surface area contributed by atoms with Crippen LogP contribution in [0.5, 0.6) is 0 Å². The highest BCUT2D eigenvalue weighted by molar-refractivity contribution is 7.92. The minimum absolute atomic E-state index is 0.0261. The van der Waals surface area contributed by atoms with Crippen molar-refractivity contribution in [3.05, 3.63) is 108 Å². The normalized spacial score (nSPS) is 11.5. The Kier molecular flexibility index (Phi) is 7.74. The van der Waals surface area contributed by atoms with Crippen LogP contribution in [0.4, 0.5) is 17.3 Å². The third kappa shape index (κ3) is 6.52. The molecule has 4 aromatic rings. The maximum absolute atomic E-state index is 12.8.